The smallest absolute Gasteiger partial charge is 0.191 e. The summed E-state index contributed by atoms with van der Waals surface area (Å²) in [5, 5.41) is 6.86. The average molecular weight is 532 g/mol. The van der Waals surface area contributed by atoms with E-state index >= 15 is 0 Å². The minimum atomic E-state index is 0. The van der Waals surface area contributed by atoms with Gasteiger partial charge < -0.3 is 25.2 Å². The Morgan fingerprint density at radius 2 is 1.90 bits per heavy atom. The number of hydrogen-bond donors (Lipinski definition) is 2. The molecule has 0 bridgehead atoms. The second kappa shape index (κ2) is 15.7. The van der Waals surface area contributed by atoms with Crippen molar-refractivity contribution in [3.63, 3.8) is 0 Å². The number of benzene rings is 1. The van der Waals surface area contributed by atoms with E-state index in [-0.39, 0.29) is 24.0 Å². The highest BCUT2D eigenvalue weighted by atomic mass is 127. The summed E-state index contributed by atoms with van der Waals surface area (Å²) in [6.45, 7) is 13.0. The van der Waals surface area contributed by atoms with Crippen molar-refractivity contribution in [1.29, 1.82) is 0 Å². The fourth-order valence-corrected chi connectivity index (χ4v) is 3.66. The number of halogens is 1. The summed E-state index contributed by atoms with van der Waals surface area (Å²) in [7, 11) is 3.92. The quantitative estimate of drug-likeness (QED) is 0.210. The number of ether oxygens (including phenoxy) is 1. The van der Waals surface area contributed by atoms with E-state index in [0.29, 0.717) is 5.92 Å². The molecule has 0 aromatic heterocycles. The van der Waals surface area contributed by atoms with Crippen LogP contribution in [-0.2, 0) is 0 Å². The van der Waals surface area contributed by atoms with Crippen molar-refractivity contribution >= 4 is 29.9 Å². The number of hydrogen-bond acceptors (Lipinski definition) is 4. The van der Waals surface area contributed by atoms with Crippen LogP contribution in [0.4, 0.5) is 0 Å². The van der Waals surface area contributed by atoms with Gasteiger partial charge in [-0.2, -0.15) is 0 Å². The molecular formula is C23H42IN5O. The highest BCUT2D eigenvalue weighted by Gasteiger charge is 2.11. The van der Waals surface area contributed by atoms with Gasteiger partial charge in [-0.1, -0.05) is 19.1 Å². The van der Waals surface area contributed by atoms with Crippen molar-refractivity contribution in [3.05, 3.63) is 29.8 Å². The summed E-state index contributed by atoms with van der Waals surface area (Å²) < 4.78 is 5.24. The average Bonchev–Trinajstić information content (AvgIpc) is 2.95. The monoisotopic (exact) mass is 531 g/mol. The molecule has 1 aromatic rings. The number of aliphatic imine (C=N–C) groups is 1. The largest absolute Gasteiger partial charge is 0.497 e. The fourth-order valence-electron chi connectivity index (χ4n) is 3.66. The van der Waals surface area contributed by atoms with E-state index < -0.39 is 0 Å². The Morgan fingerprint density at radius 3 is 2.60 bits per heavy atom. The molecule has 1 atom stereocenters. The second-order valence-electron chi connectivity index (χ2n) is 8.00. The van der Waals surface area contributed by atoms with Gasteiger partial charge in [0.1, 0.15) is 5.75 Å². The number of nitrogens with one attached hydrogen (secondary N) is 2. The molecule has 1 fully saturated rings. The van der Waals surface area contributed by atoms with E-state index in [1.165, 1.54) is 38.2 Å². The number of methoxy groups -OCH3 is 1. The van der Waals surface area contributed by atoms with Crippen LogP contribution < -0.4 is 15.4 Å². The Balaban J connectivity index is 0.00000450. The minimum absolute atomic E-state index is 0. The number of guanidine groups is 1. The third-order valence-electron chi connectivity index (χ3n) is 5.61. The van der Waals surface area contributed by atoms with Crippen molar-refractivity contribution < 1.29 is 4.74 Å². The van der Waals surface area contributed by atoms with Gasteiger partial charge in [-0.25, -0.2) is 0 Å². The van der Waals surface area contributed by atoms with E-state index in [2.05, 4.69) is 53.5 Å². The SMILES string of the molecule is CCNC(=NCCCN1CCCN(C)CC1)NCCC(C)c1ccc(OC)cc1.I. The lowest BCUT2D eigenvalue weighted by molar-refractivity contribution is 0.275. The third kappa shape index (κ3) is 10.3. The predicted octanol–water partition coefficient (Wildman–Crippen LogP) is 3.39. The summed E-state index contributed by atoms with van der Waals surface area (Å²) in [5.41, 5.74) is 1.35. The Hall–Kier alpha value is -1.06. The van der Waals surface area contributed by atoms with Gasteiger partial charge >= 0.3 is 0 Å². The van der Waals surface area contributed by atoms with Gasteiger partial charge in [0.25, 0.3) is 0 Å². The van der Waals surface area contributed by atoms with Gasteiger partial charge in [-0.05, 0) is 76.5 Å². The molecule has 1 aliphatic heterocycles. The molecule has 1 heterocycles. The summed E-state index contributed by atoms with van der Waals surface area (Å²) in [5.74, 6) is 2.34. The maximum absolute atomic E-state index is 5.24. The van der Waals surface area contributed by atoms with Gasteiger partial charge in [-0.3, -0.25) is 4.99 Å². The Labute approximate surface area is 200 Å². The standard InChI is InChI=1S/C23H41N5O.HI/c1-5-24-23(25-13-6-16-28-17-7-15-27(3)18-19-28)26-14-12-20(2)21-8-10-22(29-4)11-9-21;/h8-11,20H,5-7,12-19H2,1-4H3,(H2,24,25,26);1H. The zero-order valence-electron chi connectivity index (χ0n) is 19.3. The van der Waals surface area contributed by atoms with Crippen LogP contribution >= 0.6 is 24.0 Å². The Morgan fingerprint density at radius 1 is 1.13 bits per heavy atom. The predicted molar refractivity (Wildman–Crippen MR) is 139 cm³/mol. The molecule has 2 N–H and O–H groups in total. The van der Waals surface area contributed by atoms with Crippen LogP contribution in [0.25, 0.3) is 0 Å². The van der Waals surface area contributed by atoms with E-state index in [1.807, 2.05) is 12.1 Å². The first-order valence-electron chi connectivity index (χ1n) is 11.2. The lowest BCUT2D eigenvalue weighted by Gasteiger charge is -2.19. The van der Waals surface area contributed by atoms with Crippen LogP contribution in [0.1, 0.15) is 44.6 Å². The molecule has 1 unspecified atom stereocenters. The van der Waals surface area contributed by atoms with E-state index in [1.54, 1.807) is 7.11 Å². The van der Waals surface area contributed by atoms with E-state index in [0.717, 1.165) is 50.7 Å². The van der Waals surface area contributed by atoms with Crippen LogP contribution in [-0.4, -0.2) is 82.3 Å². The Bertz CT molecular complexity index is 596. The molecule has 2 rings (SSSR count). The molecule has 1 saturated heterocycles. The first-order valence-corrected chi connectivity index (χ1v) is 11.2. The zero-order chi connectivity index (χ0) is 20.9. The summed E-state index contributed by atoms with van der Waals surface area (Å²) in [6.07, 6.45) is 3.46. The fraction of sp³-hybridized carbons (Fsp3) is 0.696. The van der Waals surface area contributed by atoms with Crippen molar-refractivity contribution in [2.45, 2.75) is 39.0 Å². The van der Waals surface area contributed by atoms with Gasteiger partial charge in [0, 0.05) is 32.7 Å². The van der Waals surface area contributed by atoms with Crippen molar-refractivity contribution in [2.24, 2.45) is 4.99 Å². The van der Waals surface area contributed by atoms with Crippen LogP contribution in [0.2, 0.25) is 0 Å². The number of likely N-dealkylation sites (N-methyl/N-ethyl adjacent to an activating group) is 1. The van der Waals surface area contributed by atoms with Gasteiger partial charge in [0.15, 0.2) is 5.96 Å². The minimum Gasteiger partial charge on any atom is -0.497 e. The molecule has 1 aliphatic rings. The van der Waals surface area contributed by atoms with Crippen LogP contribution in [0.5, 0.6) is 5.75 Å². The molecule has 172 valence electrons. The van der Waals surface area contributed by atoms with Crippen LogP contribution in [0.15, 0.2) is 29.3 Å². The first kappa shape index (κ1) is 27.0. The summed E-state index contributed by atoms with van der Waals surface area (Å²) >= 11 is 0. The molecule has 1 aromatic carbocycles. The summed E-state index contributed by atoms with van der Waals surface area (Å²) in [6, 6.07) is 8.38. The van der Waals surface area contributed by atoms with Crippen molar-refractivity contribution in [3.8, 4) is 5.75 Å². The Kier molecular flexibility index (Phi) is 14.1. The molecule has 0 aliphatic carbocycles. The molecule has 0 amide bonds. The second-order valence-corrected chi connectivity index (χ2v) is 8.00. The number of nitrogens with zero attached hydrogens (tertiary/aromatic N) is 3. The molecule has 30 heavy (non-hydrogen) atoms. The normalized spacial score (nSPS) is 17.0. The third-order valence-corrected chi connectivity index (χ3v) is 5.61. The lowest BCUT2D eigenvalue weighted by Crippen LogP contribution is -2.38. The maximum atomic E-state index is 5.24. The van der Waals surface area contributed by atoms with E-state index in [4.69, 9.17) is 9.73 Å². The molecular weight excluding hydrogens is 489 g/mol. The van der Waals surface area contributed by atoms with E-state index in [9.17, 15) is 0 Å². The van der Waals surface area contributed by atoms with Crippen LogP contribution in [0.3, 0.4) is 0 Å². The van der Waals surface area contributed by atoms with Gasteiger partial charge in [0.05, 0.1) is 7.11 Å². The van der Waals surface area contributed by atoms with Crippen molar-refractivity contribution in [2.75, 3.05) is 66.5 Å². The van der Waals surface area contributed by atoms with Gasteiger partial charge in [0.2, 0.25) is 0 Å². The van der Waals surface area contributed by atoms with Crippen molar-refractivity contribution in [1.82, 2.24) is 20.4 Å². The highest BCUT2D eigenvalue weighted by molar-refractivity contribution is 14.0. The molecule has 0 spiro atoms. The highest BCUT2D eigenvalue weighted by Crippen LogP contribution is 2.21. The van der Waals surface area contributed by atoms with Gasteiger partial charge in [-0.15, -0.1) is 24.0 Å². The molecule has 6 nitrogen and oxygen atoms in total. The molecule has 0 radical (unpaired) electrons. The lowest BCUT2D eigenvalue weighted by atomic mass is 9.98. The molecule has 7 heteroatoms. The number of rotatable bonds is 10. The zero-order valence-corrected chi connectivity index (χ0v) is 21.7. The molecule has 0 saturated carbocycles. The summed E-state index contributed by atoms with van der Waals surface area (Å²) in [4.78, 5) is 9.78. The first-order chi connectivity index (χ1) is 14.1. The van der Waals surface area contributed by atoms with Crippen LogP contribution in [0, 0.1) is 0 Å². The maximum Gasteiger partial charge on any atom is 0.191 e. The topological polar surface area (TPSA) is 52.1 Å².